The van der Waals surface area contributed by atoms with Gasteiger partial charge in [0, 0.05) is 6.04 Å². The summed E-state index contributed by atoms with van der Waals surface area (Å²) in [6.07, 6.45) is 7.20. The fraction of sp³-hybridized carbons (Fsp3) is 0.615. The Morgan fingerprint density at radius 1 is 1.41 bits per heavy atom. The number of allylic oxidation sites excluding steroid dienone is 2. The first kappa shape index (κ1) is 13.9. The van der Waals surface area contributed by atoms with Crippen LogP contribution in [0, 0.1) is 5.92 Å². The Labute approximate surface area is 103 Å². The van der Waals surface area contributed by atoms with E-state index in [2.05, 4.69) is 0 Å². The molecule has 0 aromatic heterocycles. The molecule has 4 nitrogen and oxygen atoms in total. The number of rotatable bonds is 2. The smallest absolute Gasteiger partial charge is 0.311 e. The number of carbonyl (C=O) groups is 1. The van der Waals surface area contributed by atoms with E-state index in [1.165, 1.54) is 0 Å². The van der Waals surface area contributed by atoms with Crippen LogP contribution in [0.15, 0.2) is 24.3 Å². The summed E-state index contributed by atoms with van der Waals surface area (Å²) in [5.74, 6) is -0.812. The fourth-order valence-electron chi connectivity index (χ4n) is 1.71. The minimum atomic E-state index is -0.878. The van der Waals surface area contributed by atoms with Crippen LogP contribution in [0.3, 0.4) is 0 Å². The average molecular weight is 238 g/mol. The molecule has 1 aliphatic carbocycles. The van der Waals surface area contributed by atoms with Crippen LogP contribution in [0.5, 0.6) is 0 Å². The Balaban J connectivity index is 2.82. The van der Waals surface area contributed by atoms with Gasteiger partial charge in [-0.25, -0.2) is 0 Å². The number of nitrogens with two attached hydrogens (primary N) is 2. The number of ether oxygens (including phenoxy) is 1. The van der Waals surface area contributed by atoms with E-state index in [-0.39, 0.29) is 12.0 Å². The zero-order valence-corrected chi connectivity index (χ0v) is 10.9. The van der Waals surface area contributed by atoms with Crippen LogP contribution >= 0.6 is 0 Å². The van der Waals surface area contributed by atoms with Crippen molar-refractivity contribution < 1.29 is 9.53 Å². The molecular formula is C13H22N2O2. The highest BCUT2D eigenvalue weighted by molar-refractivity contribution is 5.75. The lowest BCUT2D eigenvalue weighted by atomic mass is 9.77. The molecule has 0 bridgehead atoms. The summed E-state index contributed by atoms with van der Waals surface area (Å²) in [6, 6.07) is -0.380. The molecule has 0 heterocycles. The lowest BCUT2D eigenvalue weighted by molar-refractivity contribution is -0.161. The quantitative estimate of drug-likeness (QED) is 0.706. The molecule has 4 heteroatoms. The normalized spacial score (nSPS) is 30.1. The second-order valence-corrected chi connectivity index (χ2v) is 5.52. The van der Waals surface area contributed by atoms with Crippen molar-refractivity contribution >= 4 is 5.97 Å². The standard InChI is InChI=1S/C13H22N2O2/c1-9(11(16)17-12(2,3)4)13(15)8-6-5-7-10(13)14/h5-10H,14-15H2,1-4H3/t9-,10?,13?/m0/s1. The van der Waals surface area contributed by atoms with Gasteiger partial charge in [-0.3, -0.25) is 4.79 Å². The Hall–Kier alpha value is -1.13. The molecule has 0 saturated carbocycles. The number of hydrogen-bond acceptors (Lipinski definition) is 4. The van der Waals surface area contributed by atoms with Gasteiger partial charge in [-0.2, -0.15) is 0 Å². The third-order valence-electron chi connectivity index (χ3n) is 2.90. The molecule has 3 atom stereocenters. The highest BCUT2D eigenvalue weighted by Gasteiger charge is 2.41. The van der Waals surface area contributed by atoms with Crippen LogP contribution in [0.25, 0.3) is 0 Å². The predicted molar refractivity (Wildman–Crippen MR) is 68.2 cm³/mol. The molecule has 0 fully saturated rings. The number of esters is 1. The van der Waals surface area contributed by atoms with E-state index in [0.29, 0.717) is 0 Å². The molecule has 0 aliphatic heterocycles. The Kier molecular flexibility index (Phi) is 3.79. The second kappa shape index (κ2) is 4.63. The van der Waals surface area contributed by atoms with Crippen molar-refractivity contribution in [2.24, 2.45) is 17.4 Å². The molecule has 96 valence electrons. The summed E-state index contributed by atoms with van der Waals surface area (Å²) in [7, 11) is 0. The van der Waals surface area contributed by atoms with Crippen molar-refractivity contribution in [3.63, 3.8) is 0 Å². The highest BCUT2D eigenvalue weighted by atomic mass is 16.6. The molecule has 0 amide bonds. The third-order valence-corrected chi connectivity index (χ3v) is 2.90. The topological polar surface area (TPSA) is 78.3 Å². The van der Waals surface area contributed by atoms with Crippen LogP contribution in [0.4, 0.5) is 0 Å². The maximum Gasteiger partial charge on any atom is 0.311 e. The predicted octanol–water partition coefficient (Wildman–Crippen LogP) is 1.12. The third kappa shape index (κ3) is 3.17. The van der Waals surface area contributed by atoms with E-state index in [1.807, 2.05) is 32.9 Å². The maximum absolute atomic E-state index is 12.0. The molecule has 0 aromatic rings. The average Bonchev–Trinajstić information content (AvgIpc) is 2.19. The van der Waals surface area contributed by atoms with Gasteiger partial charge < -0.3 is 16.2 Å². The van der Waals surface area contributed by atoms with Gasteiger partial charge in [0.2, 0.25) is 0 Å². The Morgan fingerprint density at radius 3 is 2.47 bits per heavy atom. The largest absolute Gasteiger partial charge is 0.460 e. The zero-order chi connectivity index (χ0) is 13.3. The van der Waals surface area contributed by atoms with Gasteiger partial charge in [-0.15, -0.1) is 0 Å². The SMILES string of the molecule is C[C@@H](C(=O)OC(C)(C)C)C1(N)C=CC=CC1N. The van der Waals surface area contributed by atoms with E-state index >= 15 is 0 Å². The van der Waals surface area contributed by atoms with Gasteiger partial charge in [0.15, 0.2) is 0 Å². The van der Waals surface area contributed by atoms with E-state index in [9.17, 15) is 4.79 Å². The van der Waals surface area contributed by atoms with Crippen LogP contribution in [0.1, 0.15) is 27.7 Å². The Bertz CT molecular complexity index is 355. The van der Waals surface area contributed by atoms with Gasteiger partial charge in [-0.1, -0.05) is 24.3 Å². The minimum Gasteiger partial charge on any atom is -0.460 e. The fourth-order valence-corrected chi connectivity index (χ4v) is 1.71. The lowest BCUT2D eigenvalue weighted by Crippen LogP contribution is -2.60. The minimum absolute atomic E-state index is 0.324. The van der Waals surface area contributed by atoms with Crippen LogP contribution in [0.2, 0.25) is 0 Å². The summed E-state index contributed by atoms with van der Waals surface area (Å²) in [5.41, 5.74) is 10.8. The molecule has 17 heavy (non-hydrogen) atoms. The van der Waals surface area contributed by atoms with Crippen molar-refractivity contribution in [3.8, 4) is 0 Å². The molecule has 4 N–H and O–H groups in total. The zero-order valence-electron chi connectivity index (χ0n) is 10.9. The van der Waals surface area contributed by atoms with E-state index in [1.54, 1.807) is 19.1 Å². The van der Waals surface area contributed by atoms with Crippen LogP contribution in [-0.4, -0.2) is 23.2 Å². The molecule has 2 unspecified atom stereocenters. The van der Waals surface area contributed by atoms with Crippen molar-refractivity contribution in [2.75, 3.05) is 0 Å². The van der Waals surface area contributed by atoms with Gasteiger partial charge in [-0.05, 0) is 27.7 Å². The highest BCUT2D eigenvalue weighted by Crippen LogP contribution is 2.26. The number of hydrogen-bond donors (Lipinski definition) is 2. The summed E-state index contributed by atoms with van der Waals surface area (Å²) in [5, 5.41) is 0. The Morgan fingerprint density at radius 2 is 2.00 bits per heavy atom. The molecule has 0 saturated heterocycles. The molecule has 0 radical (unpaired) electrons. The first-order valence-corrected chi connectivity index (χ1v) is 5.80. The summed E-state index contributed by atoms with van der Waals surface area (Å²) in [6.45, 7) is 7.24. The molecule has 0 aromatic carbocycles. The summed E-state index contributed by atoms with van der Waals surface area (Å²) < 4.78 is 5.33. The maximum atomic E-state index is 12.0. The summed E-state index contributed by atoms with van der Waals surface area (Å²) in [4.78, 5) is 12.0. The first-order valence-electron chi connectivity index (χ1n) is 5.80. The van der Waals surface area contributed by atoms with E-state index in [0.717, 1.165) is 0 Å². The molecule has 0 spiro atoms. The van der Waals surface area contributed by atoms with Crippen molar-refractivity contribution in [2.45, 2.75) is 44.9 Å². The summed E-state index contributed by atoms with van der Waals surface area (Å²) >= 11 is 0. The first-order chi connectivity index (χ1) is 7.67. The molecular weight excluding hydrogens is 216 g/mol. The molecule has 1 rings (SSSR count). The van der Waals surface area contributed by atoms with Gasteiger partial charge in [0.05, 0.1) is 11.5 Å². The van der Waals surface area contributed by atoms with Crippen molar-refractivity contribution in [3.05, 3.63) is 24.3 Å². The van der Waals surface area contributed by atoms with Crippen LogP contribution in [-0.2, 0) is 9.53 Å². The van der Waals surface area contributed by atoms with Crippen LogP contribution < -0.4 is 11.5 Å². The monoisotopic (exact) mass is 238 g/mol. The van der Waals surface area contributed by atoms with Gasteiger partial charge in [0.1, 0.15) is 5.60 Å². The van der Waals surface area contributed by atoms with Gasteiger partial charge in [0.25, 0.3) is 0 Å². The second-order valence-electron chi connectivity index (χ2n) is 5.52. The van der Waals surface area contributed by atoms with Crippen molar-refractivity contribution in [1.82, 2.24) is 0 Å². The van der Waals surface area contributed by atoms with E-state index in [4.69, 9.17) is 16.2 Å². The number of carbonyl (C=O) groups excluding carboxylic acids is 1. The van der Waals surface area contributed by atoms with E-state index < -0.39 is 17.1 Å². The lowest BCUT2D eigenvalue weighted by Gasteiger charge is -2.37. The molecule has 1 aliphatic rings. The van der Waals surface area contributed by atoms with Gasteiger partial charge >= 0.3 is 5.97 Å². The van der Waals surface area contributed by atoms with Crippen molar-refractivity contribution in [1.29, 1.82) is 0 Å².